The van der Waals surface area contributed by atoms with Crippen LogP contribution in [0.4, 0.5) is 0 Å². The van der Waals surface area contributed by atoms with Crippen molar-refractivity contribution in [3.8, 4) is 11.8 Å². The van der Waals surface area contributed by atoms with Gasteiger partial charge in [-0.05, 0) is 37.1 Å². The number of unbranched alkanes of at least 4 members (excludes halogenated alkanes) is 2. The summed E-state index contributed by atoms with van der Waals surface area (Å²) in [6, 6.07) is 5.18. The Morgan fingerprint density at radius 3 is 2.75 bits per heavy atom. The van der Waals surface area contributed by atoms with E-state index in [2.05, 4.69) is 18.8 Å². The molecule has 0 fully saturated rings. The van der Waals surface area contributed by atoms with Crippen LogP contribution in [0.25, 0.3) is 0 Å². The van der Waals surface area contributed by atoms with Crippen molar-refractivity contribution in [3.05, 3.63) is 34.9 Å². The lowest BCUT2D eigenvalue weighted by atomic mass is 10.1. The summed E-state index contributed by atoms with van der Waals surface area (Å²) >= 11 is 0. The number of carboxylic acid groups (broad SMARTS) is 1. The highest BCUT2D eigenvalue weighted by Gasteiger charge is 2.03. The zero-order chi connectivity index (χ0) is 12.0. The third kappa shape index (κ3) is 3.78. The van der Waals surface area contributed by atoms with E-state index in [-0.39, 0.29) is 0 Å². The zero-order valence-electron chi connectivity index (χ0n) is 9.71. The predicted molar refractivity (Wildman–Crippen MR) is 64.5 cm³/mol. The molecular weight excluding hydrogens is 200 g/mol. The van der Waals surface area contributed by atoms with E-state index in [0.717, 1.165) is 30.4 Å². The fourth-order valence-corrected chi connectivity index (χ4v) is 1.41. The van der Waals surface area contributed by atoms with E-state index in [0.29, 0.717) is 5.56 Å². The van der Waals surface area contributed by atoms with E-state index < -0.39 is 5.97 Å². The van der Waals surface area contributed by atoms with Crippen molar-refractivity contribution in [3.63, 3.8) is 0 Å². The van der Waals surface area contributed by atoms with Gasteiger partial charge in [-0.2, -0.15) is 0 Å². The van der Waals surface area contributed by atoms with Crippen LogP contribution in [0.1, 0.15) is 47.7 Å². The van der Waals surface area contributed by atoms with E-state index in [1.165, 1.54) is 0 Å². The minimum Gasteiger partial charge on any atom is -0.478 e. The normalized spacial score (nSPS) is 9.38. The fourth-order valence-electron chi connectivity index (χ4n) is 1.41. The third-order valence-electron chi connectivity index (χ3n) is 2.21. The number of hydrogen-bond acceptors (Lipinski definition) is 1. The molecule has 2 heteroatoms. The Hall–Kier alpha value is -1.75. The van der Waals surface area contributed by atoms with Crippen LogP contribution in [0, 0.1) is 18.8 Å². The van der Waals surface area contributed by atoms with Crippen LogP contribution in [-0.4, -0.2) is 11.1 Å². The number of benzene rings is 1. The molecule has 0 amide bonds. The SMILES string of the molecule is CCCCC#Cc1cc(C)cc(C(=O)O)c1. The van der Waals surface area contributed by atoms with Crippen molar-refractivity contribution < 1.29 is 9.90 Å². The first kappa shape index (κ1) is 12.3. The van der Waals surface area contributed by atoms with Crippen molar-refractivity contribution in [1.82, 2.24) is 0 Å². The van der Waals surface area contributed by atoms with Gasteiger partial charge in [0.15, 0.2) is 0 Å². The van der Waals surface area contributed by atoms with Gasteiger partial charge in [-0.25, -0.2) is 4.79 Å². The van der Waals surface area contributed by atoms with Gasteiger partial charge in [0.1, 0.15) is 0 Å². The van der Waals surface area contributed by atoms with Gasteiger partial charge in [-0.15, -0.1) is 0 Å². The van der Waals surface area contributed by atoms with Gasteiger partial charge in [0.2, 0.25) is 0 Å². The molecule has 0 atom stereocenters. The van der Waals surface area contributed by atoms with E-state index in [9.17, 15) is 4.79 Å². The van der Waals surface area contributed by atoms with Crippen molar-refractivity contribution in [2.75, 3.05) is 0 Å². The molecule has 1 aromatic carbocycles. The average Bonchev–Trinajstić information content (AvgIpc) is 2.23. The molecule has 0 aliphatic heterocycles. The van der Waals surface area contributed by atoms with Crippen LogP contribution in [0.2, 0.25) is 0 Å². The summed E-state index contributed by atoms with van der Waals surface area (Å²) in [7, 11) is 0. The Morgan fingerprint density at radius 2 is 2.12 bits per heavy atom. The maximum absolute atomic E-state index is 10.8. The summed E-state index contributed by atoms with van der Waals surface area (Å²) in [5.41, 5.74) is 2.02. The monoisotopic (exact) mass is 216 g/mol. The lowest BCUT2D eigenvalue weighted by molar-refractivity contribution is 0.0696. The molecule has 0 aromatic heterocycles. The molecule has 16 heavy (non-hydrogen) atoms. The van der Waals surface area contributed by atoms with E-state index in [1.54, 1.807) is 12.1 Å². The number of aromatic carboxylic acids is 1. The van der Waals surface area contributed by atoms with Crippen molar-refractivity contribution >= 4 is 5.97 Å². The Labute approximate surface area is 96.3 Å². The van der Waals surface area contributed by atoms with Gasteiger partial charge < -0.3 is 5.11 Å². The number of rotatable bonds is 3. The van der Waals surface area contributed by atoms with Crippen molar-refractivity contribution in [1.29, 1.82) is 0 Å². The highest BCUT2D eigenvalue weighted by Crippen LogP contribution is 2.09. The molecule has 0 saturated heterocycles. The second kappa shape index (κ2) is 5.97. The summed E-state index contributed by atoms with van der Waals surface area (Å²) < 4.78 is 0. The predicted octanol–water partition coefficient (Wildman–Crippen LogP) is 3.23. The van der Waals surface area contributed by atoms with Crippen molar-refractivity contribution in [2.24, 2.45) is 0 Å². The molecule has 84 valence electrons. The molecule has 0 radical (unpaired) electrons. The second-order valence-electron chi connectivity index (χ2n) is 3.80. The lowest BCUT2D eigenvalue weighted by Gasteiger charge is -1.98. The highest BCUT2D eigenvalue weighted by molar-refractivity contribution is 5.88. The molecule has 0 aliphatic rings. The van der Waals surface area contributed by atoms with Gasteiger partial charge in [-0.3, -0.25) is 0 Å². The number of aryl methyl sites for hydroxylation is 1. The summed E-state index contributed by atoms with van der Waals surface area (Å²) in [4.78, 5) is 10.8. The van der Waals surface area contributed by atoms with Gasteiger partial charge in [0.05, 0.1) is 5.56 Å². The first-order valence-electron chi connectivity index (χ1n) is 5.47. The quantitative estimate of drug-likeness (QED) is 0.622. The van der Waals surface area contributed by atoms with E-state index in [4.69, 9.17) is 5.11 Å². The Kier molecular flexibility index (Phi) is 4.60. The minimum atomic E-state index is -0.902. The third-order valence-corrected chi connectivity index (χ3v) is 2.21. The molecule has 0 spiro atoms. The molecule has 0 aliphatic carbocycles. The molecule has 1 aromatic rings. The Morgan fingerprint density at radius 1 is 1.38 bits per heavy atom. The van der Waals surface area contributed by atoms with Crippen LogP contribution >= 0.6 is 0 Å². The van der Waals surface area contributed by atoms with Crippen LogP contribution < -0.4 is 0 Å². The zero-order valence-corrected chi connectivity index (χ0v) is 9.71. The molecule has 0 unspecified atom stereocenters. The average molecular weight is 216 g/mol. The Balaban J connectivity index is 2.86. The Bertz CT molecular complexity index is 436. The van der Waals surface area contributed by atoms with Crippen LogP contribution in [0.15, 0.2) is 18.2 Å². The maximum atomic E-state index is 10.8. The fraction of sp³-hybridized carbons (Fsp3) is 0.357. The second-order valence-corrected chi connectivity index (χ2v) is 3.80. The highest BCUT2D eigenvalue weighted by atomic mass is 16.4. The lowest BCUT2D eigenvalue weighted by Crippen LogP contribution is -1.97. The van der Waals surface area contributed by atoms with Crippen LogP contribution in [0.3, 0.4) is 0 Å². The summed E-state index contributed by atoms with van der Waals surface area (Å²) in [5.74, 6) is 5.15. The summed E-state index contributed by atoms with van der Waals surface area (Å²) in [6.07, 6.45) is 3.08. The van der Waals surface area contributed by atoms with Gasteiger partial charge in [-0.1, -0.05) is 25.2 Å². The molecule has 1 N–H and O–H groups in total. The topological polar surface area (TPSA) is 37.3 Å². The van der Waals surface area contributed by atoms with Gasteiger partial charge in [0.25, 0.3) is 0 Å². The molecule has 1 rings (SSSR count). The molecule has 2 nitrogen and oxygen atoms in total. The van der Waals surface area contributed by atoms with E-state index in [1.807, 2.05) is 13.0 Å². The summed E-state index contributed by atoms with van der Waals surface area (Å²) in [5, 5.41) is 8.90. The first-order valence-corrected chi connectivity index (χ1v) is 5.47. The smallest absolute Gasteiger partial charge is 0.335 e. The summed E-state index contributed by atoms with van der Waals surface area (Å²) in [6.45, 7) is 4.00. The molecular formula is C14H16O2. The minimum absolute atomic E-state index is 0.305. The molecule has 0 bridgehead atoms. The molecule has 0 heterocycles. The largest absolute Gasteiger partial charge is 0.478 e. The number of carboxylic acids is 1. The standard InChI is InChI=1S/C14H16O2/c1-3-4-5-6-7-12-8-11(2)9-13(10-12)14(15)16/h8-10H,3-5H2,1-2H3,(H,15,16). The van der Waals surface area contributed by atoms with Crippen LogP contribution in [0.5, 0.6) is 0 Å². The van der Waals surface area contributed by atoms with Gasteiger partial charge in [0, 0.05) is 12.0 Å². The van der Waals surface area contributed by atoms with Crippen LogP contribution in [-0.2, 0) is 0 Å². The number of carbonyl (C=O) groups is 1. The first-order chi connectivity index (χ1) is 7.63. The molecule has 0 saturated carbocycles. The number of hydrogen-bond donors (Lipinski definition) is 1. The van der Waals surface area contributed by atoms with Crippen molar-refractivity contribution in [2.45, 2.75) is 33.1 Å². The van der Waals surface area contributed by atoms with E-state index >= 15 is 0 Å². The maximum Gasteiger partial charge on any atom is 0.335 e. The van der Waals surface area contributed by atoms with Gasteiger partial charge >= 0.3 is 5.97 Å².